The summed E-state index contributed by atoms with van der Waals surface area (Å²) in [5.74, 6) is 0. The van der Waals surface area contributed by atoms with Crippen LogP contribution in [0.1, 0.15) is 45.6 Å². The van der Waals surface area contributed by atoms with Gasteiger partial charge in [-0.2, -0.15) is 0 Å². The van der Waals surface area contributed by atoms with Crippen LogP contribution in [0.15, 0.2) is 18.2 Å². The topological polar surface area (TPSA) is 52.6 Å². The number of likely N-dealkylation sites (tertiary alicyclic amines) is 1. The molecule has 0 saturated carbocycles. The van der Waals surface area contributed by atoms with Gasteiger partial charge in [-0.1, -0.05) is 29.3 Å². The number of benzene rings is 1. The van der Waals surface area contributed by atoms with Gasteiger partial charge >= 0.3 is 6.03 Å². The lowest BCUT2D eigenvalue weighted by molar-refractivity contribution is 0.124. The molecule has 1 aliphatic rings. The van der Waals surface area contributed by atoms with E-state index < -0.39 is 0 Å². The lowest BCUT2D eigenvalue weighted by Crippen LogP contribution is -2.55. The van der Waals surface area contributed by atoms with Crippen molar-refractivity contribution < 1.29 is 9.90 Å². The molecule has 1 aromatic rings. The number of carbonyl (C=O) groups is 1. The van der Waals surface area contributed by atoms with Crippen LogP contribution in [0.2, 0.25) is 10.0 Å². The molecule has 0 aromatic heterocycles. The fraction of sp³-hybridized carbons (Fsp3) is 0.611. The smallest absolute Gasteiger partial charge is 0.317 e. The Morgan fingerprint density at radius 3 is 2.62 bits per heavy atom. The maximum absolute atomic E-state index is 12.6. The number of carbonyl (C=O) groups excluding carboxylic acids is 1. The molecule has 134 valence electrons. The summed E-state index contributed by atoms with van der Waals surface area (Å²) in [5.41, 5.74) is 0.452. The zero-order valence-electron chi connectivity index (χ0n) is 14.5. The highest BCUT2D eigenvalue weighted by molar-refractivity contribution is 6.42. The van der Waals surface area contributed by atoms with Gasteiger partial charge < -0.3 is 15.3 Å². The highest BCUT2D eigenvalue weighted by Crippen LogP contribution is 2.39. The van der Waals surface area contributed by atoms with E-state index in [1.54, 1.807) is 6.07 Å². The minimum Gasteiger partial charge on any atom is -0.396 e. The molecular formula is C18H26Cl2N2O2. The molecule has 0 spiro atoms. The molecule has 2 N–H and O–H groups in total. The molecule has 1 saturated heterocycles. The van der Waals surface area contributed by atoms with Gasteiger partial charge in [-0.25, -0.2) is 4.79 Å². The van der Waals surface area contributed by atoms with Crippen LogP contribution >= 0.6 is 23.2 Å². The molecular weight excluding hydrogens is 347 g/mol. The van der Waals surface area contributed by atoms with Crippen LogP contribution < -0.4 is 5.32 Å². The summed E-state index contributed by atoms with van der Waals surface area (Å²) in [6.07, 6.45) is 2.38. The van der Waals surface area contributed by atoms with E-state index in [2.05, 4.69) is 5.32 Å². The minimum absolute atomic E-state index is 0.0645. The highest BCUT2D eigenvalue weighted by atomic mass is 35.5. The largest absolute Gasteiger partial charge is 0.396 e. The van der Waals surface area contributed by atoms with Crippen molar-refractivity contribution in [2.75, 3.05) is 19.7 Å². The van der Waals surface area contributed by atoms with E-state index in [9.17, 15) is 9.90 Å². The summed E-state index contributed by atoms with van der Waals surface area (Å²) < 4.78 is 0. The maximum atomic E-state index is 12.6. The summed E-state index contributed by atoms with van der Waals surface area (Å²) in [6.45, 7) is 7.25. The van der Waals surface area contributed by atoms with E-state index in [0.29, 0.717) is 23.0 Å². The lowest BCUT2D eigenvalue weighted by atomic mass is 9.72. The van der Waals surface area contributed by atoms with Crippen molar-refractivity contribution in [3.8, 4) is 0 Å². The summed E-state index contributed by atoms with van der Waals surface area (Å²) in [6, 6.07) is 5.54. The third-order valence-electron chi connectivity index (χ3n) is 4.47. The number of aliphatic hydroxyl groups excluding tert-OH is 1. The average Bonchev–Trinajstić information content (AvgIpc) is 2.49. The first kappa shape index (κ1) is 19.4. The molecule has 0 radical (unpaired) electrons. The Morgan fingerprint density at radius 1 is 1.33 bits per heavy atom. The molecule has 1 aliphatic heterocycles. The monoisotopic (exact) mass is 372 g/mol. The SMILES string of the molecule is CC(C)(C)NC(=O)N1CCCC(CCO)(c2ccc(Cl)c(Cl)c2)C1. The fourth-order valence-electron chi connectivity index (χ4n) is 3.33. The van der Waals surface area contributed by atoms with Crippen LogP contribution in [0.4, 0.5) is 4.79 Å². The van der Waals surface area contributed by atoms with E-state index in [0.717, 1.165) is 24.9 Å². The number of nitrogens with one attached hydrogen (secondary N) is 1. The van der Waals surface area contributed by atoms with Gasteiger partial charge in [0, 0.05) is 30.7 Å². The van der Waals surface area contributed by atoms with Crippen LogP contribution in [0.3, 0.4) is 0 Å². The zero-order chi connectivity index (χ0) is 18.0. The van der Waals surface area contributed by atoms with Crippen molar-refractivity contribution in [2.45, 2.75) is 51.0 Å². The van der Waals surface area contributed by atoms with Crippen LogP contribution in [0.25, 0.3) is 0 Å². The molecule has 2 amide bonds. The Hall–Kier alpha value is -0.970. The van der Waals surface area contributed by atoms with E-state index in [4.69, 9.17) is 23.2 Å². The second-order valence-corrected chi connectivity index (χ2v) is 8.40. The summed E-state index contributed by atoms with van der Waals surface area (Å²) in [7, 11) is 0. The van der Waals surface area contributed by atoms with E-state index in [1.165, 1.54) is 0 Å². The third-order valence-corrected chi connectivity index (χ3v) is 5.21. The first-order valence-corrected chi connectivity index (χ1v) is 9.06. The number of hydrogen-bond donors (Lipinski definition) is 2. The molecule has 2 rings (SSSR count). The molecule has 0 bridgehead atoms. The normalized spacial score (nSPS) is 21.7. The van der Waals surface area contributed by atoms with Crippen LogP contribution in [-0.2, 0) is 5.41 Å². The Balaban J connectivity index is 2.28. The van der Waals surface area contributed by atoms with Crippen LogP contribution in [0.5, 0.6) is 0 Å². The number of rotatable bonds is 3. The maximum Gasteiger partial charge on any atom is 0.317 e. The molecule has 1 unspecified atom stereocenters. The highest BCUT2D eigenvalue weighted by Gasteiger charge is 2.39. The van der Waals surface area contributed by atoms with Crippen molar-refractivity contribution >= 4 is 29.2 Å². The number of nitrogens with zero attached hydrogens (tertiary/aromatic N) is 1. The average molecular weight is 373 g/mol. The van der Waals surface area contributed by atoms with Crippen molar-refractivity contribution in [3.05, 3.63) is 33.8 Å². The second-order valence-electron chi connectivity index (χ2n) is 7.59. The Kier molecular flexibility index (Phi) is 6.05. The molecule has 1 heterocycles. The summed E-state index contributed by atoms with van der Waals surface area (Å²) in [4.78, 5) is 14.4. The molecule has 6 heteroatoms. The predicted octanol–water partition coefficient (Wildman–Crippen LogP) is 4.22. The van der Waals surface area contributed by atoms with Crippen molar-refractivity contribution in [1.29, 1.82) is 0 Å². The number of aliphatic hydroxyl groups is 1. The molecule has 1 fully saturated rings. The Morgan fingerprint density at radius 2 is 2.04 bits per heavy atom. The first-order valence-electron chi connectivity index (χ1n) is 8.30. The number of urea groups is 1. The van der Waals surface area contributed by atoms with Crippen molar-refractivity contribution in [1.82, 2.24) is 10.2 Å². The number of halogens is 2. The third kappa shape index (κ3) is 4.56. The zero-order valence-corrected chi connectivity index (χ0v) is 16.0. The Labute approximate surface area is 154 Å². The molecule has 1 atom stereocenters. The fourth-order valence-corrected chi connectivity index (χ4v) is 3.63. The second kappa shape index (κ2) is 7.51. The number of hydrogen-bond acceptors (Lipinski definition) is 2. The summed E-state index contributed by atoms with van der Waals surface area (Å²) >= 11 is 12.2. The first-order chi connectivity index (χ1) is 11.2. The quantitative estimate of drug-likeness (QED) is 0.834. The van der Waals surface area contributed by atoms with E-state index >= 15 is 0 Å². The molecule has 4 nitrogen and oxygen atoms in total. The lowest BCUT2D eigenvalue weighted by Gasteiger charge is -2.44. The van der Waals surface area contributed by atoms with Gasteiger partial charge in [0.2, 0.25) is 0 Å². The predicted molar refractivity (Wildman–Crippen MR) is 98.9 cm³/mol. The van der Waals surface area contributed by atoms with Gasteiger partial charge in [0.25, 0.3) is 0 Å². The van der Waals surface area contributed by atoms with Gasteiger partial charge in [0.1, 0.15) is 0 Å². The molecule has 1 aromatic carbocycles. The molecule has 0 aliphatic carbocycles. The molecule has 24 heavy (non-hydrogen) atoms. The van der Waals surface area contributed by atoms with E-state index in [1.807, 2.05) is 37.8 Å². The summed E-state index contributed by atoms with van der Waals surface area (Å²) in [5, 5.41) is 13.6. The standard InChI is InChI=1S/C18H26Cl2N2O2/c1-17(2,3)21-16(24)22-9-4-7-18(12-22,8-10-23)13-5-6-14(19)15(20)11-13/h5-6,11,23H,4,7-10,12H2,1-3H3,(H,21,24). The van der Waals surface area contributed by atoms with Gasteiger partial charge in [-0.15, -0.1) is 0 Å². The van der Waals surface area contributed by atoms with E-state index in [-0.39, 0.29) is 23.6 Å². The van der Waals surface area contributed by atoms with Crippen LogP contribution in [-0.4, -0.2) is 41.3 Å². The number of piperidine rings is 1. The van der Waals surface area contributed by atoms with Gasteiger partial charge in [-0.05, 0) is 57.7 Å². The number of amides is 2. The van der Waals surface area contributed by atoms with Gasteiger partial charge in [0.15, 0.2) is 0 Å². The Bertz CT molecular complexity index is 597. The van der Waals surface area contributed by atoms with Gasteiger partial charge in [0.05, 0.1) is 10.0 Å². The van der Waals surface area contributed by atoms with Crippen molar-refractivity contribution in [2.24, 2.45) is 0 Å². The van der Waals surface area contributed by atoms with Crippen molar-refractivity contribution in [3.63, 3.8) is 0 Å². The van der Waals surface area contributed by atoms with Gasteiger partial charge in [-0.3, -0.25) is 0 Å². The minimum atomic E-state index is -0.295. The van der Waals surface area contributed by atoms with Crippen LogP contribution in [0, 0.1) is 0 Å².